The van der Waals surface area contributed by atoms with Gasteiger partial charge >= 0.3 is 5.97 Å². The number of carbonyl (C=O) groups excluding carboxylic acids is 3. The summed E-state index contributed by atoms with van der Waals surface area (Å²) in [5, 5.41) is 1.57. The van der Waals surface area contributed by atoms with Crippen molar-refractivity contribution in [3.8, 4) is 17.2 Å². The highest BCUT2D eigenvalue weighted by molar-refractivity contribution is 6.24. The van der Waals surface area contributed by atoms with Crippen LogP contribution in [0.1, 0.15) is 28.9 Å². The van der Waals surface area contributed by atoms with Crippen LogP contribution in [-0.2, 0) is 14.4 Å². The van der Waals surface area contributed by atoms with Gasteiger partial charge in [-0.25, -0.2) is 19.1 Å². The lowest BCUT2D eigenvalue weighted by Gasteiger charge is -2.29. The van der Waals surface area contributed by atoms with Crippen LogP contribution in [0.4, 0.5) is 15.8 Å². The van der Waals surface area contributed by atoms with Crippen LogP contribution in [0.3, 0.4) is 0 Å². The van der Waals surface area contributed by atoms with Gasteiger partial charge in [-0.1, -0.05) is 24.3 Å². The lowest BCUT2D eigenvalue weighted by molar-refractivity contribution is -0.126. The zero-order valence-electron chi connectivity index (χ0n) is 23.3. The topological polar surface area (TPSA) is 94.6 Å². The number of anilines is 2. The fourth-order valence-corrected chi connectivity index (χ4v) is 5.36. The first-order valence-electron chi connectivity index (χ1n) is 13.7. The highest BCUT2D eigenvalue weighted by Gasteiger charge is 2.60. The van der Waals surface area contributed by atoms with Gasteiger partial charge in [-0.2, -0.15) is 0 Å². The third kappa shape index (κ3) is 5.17. The summed E-state index contributed by atoms with van der Waals surface area (Å²) < 4.78 is 29.9. The van der Waals surface area contributed by atoms with E-state index in [1.165, 1.54) is 31.4 Å². The Bertz CT molecular complexity index is 1660. The maximum absolute atomic E-state index is 14.0. The summed E-state index contributed by atoms with van der Waals surface area (Å²) in [6.45, 7) is 2.36. The van der Waals surface area contributed by atoms with Gasteiger partial charge < -0.3 is 14.2 Å². The van der Waals surface area contributed by atoms with Crippen LogP contribution in [0.15, 0.2) is 97.1 Å². The first kappa shape index (κ1) is 27.9. The molecule has 0 aromatic heterocycles. The monoisotopic (exact) mass is 582 g/mol. The number of nitrogens with zero attached hydrogens (tertiary/aromatic N) is 2. The van der Waals surface area contributed by atoms with E-state index in [-0.39, 0.29) is 17.1 Å². The summed E-state index contributed by atoms with van der Waals surface area (Å²) in [4.78, 5) is 47.7. The molecule has 2 amide bonds. The second kappa shape index (κ2) is 11.6. The van der Waals surface area contributed by atoms with Crippen molar-refractivity contribution in [2.45, 2.75) is 19.1 Å². The molecule has 4 aromatic rings. The molecule has 2 heterocycles. The predicted octanol–water partition coefficient (Wildman–Crippen LogP) is 5.50. The molecule has 0 saturated carbocycles. The maximum Gasteiger partial charge on any atom is 0.343 e. The van der Waals surface area contributed by atoms with Gasteiger partial charge in [0, 0.05) is 0 Å². The van der Waals surface area contributed by atoms with Crippen molar-refractivity contribution in [1.82, 2.24) is 0 Å². The molecule has 43 heavy (non-hydrogen) atoms. The number of carbonyl (C=O) groups is 3. The number of hydrogen-bond acceptors (Lipinski definition) is 8. The van der Waals surface area contributed by atoms with Crippen molar-refractivity contribution < 1.29 is 37.8 Å². The molecule has 0 aliphatic carbocycles. The molecule has 2 aliphatic rings. The van der Waals surface area contributed by atoms with Crippen molar-refractivity contribution in [2.24, 2.45) is 5.92 Å². The van der Waals surface area contributed by atoms with Gasteiger partial charge in [-0.15, -0.1) is 0 Å². The van der Waals surface area contributed by atoms with E-state index in [0.717, 1.165) is 4.90 Å². The van der Waals surface area contributed by atoms with E-state index in [1.54, 1.807) is 47.5 Å². The summed E-state index contributed by atoms with van der Waals surface area (Å²) in [6, 6.07) is 25.1. The maximum atomic E-state index is 14.0. The Labute approximate surface area is 246 Å². The lowest BCUT2D eigenvalue weighted by Crippen LogP contribution is -2.37. The number of hydroxylamine groups is 1. The molecule has 218 valence electrons. The average molecular weight is 583 g/mol. The number of halogens is 1. The van der Waals surface area contributed by atoms with Crippen molar-refractivity contribution in [3.63, 3.8) is 0 Å². The number of para-hydroxylation sites is 1. The average Bonchev–Trinajstić information content (AvgIpc) is 3.54. The first-order chi connectivity index (χ1) is 20.9. The Morgan fingerprint density at radius 3 is 2.26 bits per heavy atom. The Kier molecular flexibility index (Phi) is 7.52. The molecule has 10 heteroatoms. The Morgan fingerprint density at radius 1 is 0.860 bits per heavy atom. The van der Waals surface area contributed by atoms with E-state index in [0.29, 0.717) is 29.3 Å². The Hall–Kier alpha value is -5.22. The van der Waals surface area contributed by atoms with E-state index >= 15 is 0 Å². The van der Waals surface area contributed by atoms with E-state index in [4.69, 9.17) is 19.0 Å². The number of benzene rings is 4. The first-order valence-corrected chi connectivity index (χ1v) is 13.7. The van der Waals surface area contributed by atoms with Crippen molar-refractivity contribution >= 4 is 29.2 Å². The highest BCUT2D eigenvalue weighted by atomic mass is 19.1. The van der Waals surface area contributed by atoms with E-state index < -0.39 is 41.7 Å². The summed E-state index contributed by atoms with van der Waals surface area (Å²) in [5.74, 6) is -1.94. The quantitative estimate of drug-likeness (QED) is 0.153. The van der Waals surface area contributed by atoms with E-state index in [2.05, 4.69) is 0 Å². The van der Waals surface area contributed by atoms with Crippen LogP contribution >= 0.6 is 0 Å². The standard InChI is InChI=1S/C33H27FN2O7/c1-3-41-25-16-14-23(15-17-25)35-31(37)28-29(36(43-30(28)32(35)38)24-7-5-4-6-8-24)21-11-18-26(27(19-21)40-2)42-33(39)20-9-12-22(34)13-10-20/h4-19,28-30H,3H2,1-2H3. The van der Waals surface area contributed by atoms with Gasteiger partial charge in [0.05, 0.1) is 36.7 Å². The molecular formula is C33H27FN2O7. The van der Waals surface area contributed by atoms with Gasteiger partial charge in [-0.3, -0.25) is 14.4 Å². The third-order valence-electron chi connectivity index (χ3n) is 7.34. The largest absolute Gasteiger partial charge is 0.494 e. The highest BCUT2D eigenvalue weighted by Crippen LogP contribution is 2.48. The molecule has 9 nitrogen and oxygen atoms in total. The number of rotatable bonds is 8. The van der Waals surface area contributed by atoms with Crippen LogP contribution in [0.25, 0.3) is 0 Å². The molecule has 0 N–H and O–H groups in total. The minimum absolute atomic E-state index is 0.132. The minimum Gasteiger partial charge on any atom is -0.494 e. The fourth-order valence-electron chi connectivity index (χ4n) is 5.36. The number of amides is 2. The molecule has 2 aliphatic heterocycles. The van der Waals surface area contributed by atoms with Gasteiger partial charge in [0.15, 0.2) is 17.6 Å². The van der Waals surface area contributed by atoms with Crippen LogP contribution in [0.5, 0.6) is 17.2 Å². The normalized spacial score (nSPS) is 19.4. The zero-order valence-corrected chi connectivity index (χ0v) is 23.3. The second-order valence-corrected chi connectivity index (χ2v) is 9.90. The van der Waals surface area contributed by atoms with Crippen molar-refractivity contribution in [3.05, 3.63) is 114 Å². The van der Waals surface area contributed by atoms with E-state index in [1.807, 2.05) is 37.3 Å². The van der Waals surface area contributed by atoms with E-state index in [9.17, 15) is 18.8 Å². The number of ether oxygens (including phenoxy) is 3. The number of esters is 1. The smallest absolute Gasteiger partial charge is 0.343 e. The number of imide groups is 1. The molecule has 2 fully saturated rings. The summed E-state index contributed by atoms with van der Waals surface area (Å²) >= 11 is 0. The zero-order chi connectivity index (χ0) is 30.1. The number of methoxy groups -OCH3 is 1. The second-order valence-electron chi connectivity index (χ2n) is 9.90. The van der Waals surface area contributed by atoms with Crippen LogP contribution < -0.4 is 24.2 Å². The summed E-state index contributed by atoms with van der Waals surface area (Å²) in [6.07, 6.45) is -1.06. The SMILES string of the molecule is CCOc1ccc(N2C(=O)C3ON(c4ccccc4)C(c4ccc(OC(=O)c5ccc(F)cc5)c(OC)c4)C3C2=O)cc1. The molecule has 2 saturated heterocycles. The molecule has 0 bridgehead atoms. The molecule has 0 radical (unpaired) electrons. The predicted molar refractivity (Wildman–Crippen MR) is 154 cm³/mol. The molecule has 3 unspecified atom stereocenters. The molecule has 0 spiro atoms. The molecular weight excluding hydrogens is 555 g/mol. The molecule has 4 aromatic carbocycles. The number of hydrogen-bond donors (Lipinski definition) is 0. The fraction of sp³-hybridized carbons (Fsp3) is 0.182. The minimum atomic E-state index is -1.06. The Balaban J connectivity index is 1.34. The van der Waals surface area contributed by atoms with Gasteiger partial charge in [0.25, 0.3) is 5.91 Å². The number of fused-ring (bicyclic) bond motifs is 1. The van der Waals surface area contributed by atoms with Crippen LogP contribution in [-0.4, -0.2) is 37.6 Å². The van der Waals surface area contributed by atoms with Gasteiger partial charge in [0.2, 0.25) is 5.91 Å². The third-order valence-corrected chi connectivity index (χ3v) is 7.34. The van der Waals surface area contributed by atoms with Crippen molar-refractivity contribution in [1.29, 1.82) is 0 Å². The lowest BCUT2D eigenvalue weighted by atomic mass is 9.90. The van der Waals surface area contributed by atoms with Gasteiger partial charge in [0.1, 0.15) is 17.5 Å². The van der Waals surface area contributed by atoms with Gasteiger partial charge in [-0.05, 0) is 85.3 Å². The summed E-state index contributed by atoms with van der Waals surface area (Å²) in [5.41, 5.74) is 1.84. The van der Waals surface area contributed by atoms with Crippen LogP contribution in [0, 0.1) is 11.7 Å². The molecule has 6 rings (SSSR count). The summed E-state index contributed by atoms with van der Waals surface area (Å²) in [7, 11) is 1.43. The Morgan fingerprint density at radius 2 is 1.58 bits per heavy atom. The van der Waals surface area contributed by atoms with Crippen molar-refractivity contribution in [2.75, 3.05) is 23.7 Å². The molecule has 3 atom stereocenters. The van der Waals surface area contributed by atoms with Crippen LogP contribution in [0.2, 0.25) is 0 Å².